The van der Waals surface area contributed by atoms with Gasteiger partial charge >= 0.3 is 0 Å². The van der Waals surface area contributed by atoms with Crippen molar-refractivity contribution in [3.05, 3.63) is 78.1 Å². The van der Waals surface area contributed by atoms with Crippen molar-refractivity contribution >= 4 is 11.0 Å². The van der Waals surface area contributed by atoms with E-state index >= 15 is 0 Å². The van der Waals surface area contributed by atoms with Gasteiger partial charge in [-0.15, -0.1) is 0 Å². The minimum atomic E-state index is 0.241. The van der Waals surface area contributed by atoms with Crippen LogP contribution in [0.4, 0.5) is 0 Å². The van der Waals surface area contributed by atoms with Gasteiger partial charge in [-0.2, -0.15) is 10.2 Å². The first kappa shape index (κ1) is 19.1. The summed E-state index contributed by atoms with van der Waals surface area (Å²) < 4.78 is 1.79. The Morgan fingerprint density at radius 3 is 2.58 bits per heavy atom. The lowest BCUT2D eigenvalue weighted by atomic mass is 9.95. The number of pyridine rings is 1. The molecule has 1 unspecified atom stereocenters. The number of benzene rings is 1. The molecule has 1 aromatic carbocycles. The van der Waals surface area contributed by atoms with Crippen LogP contribution in [0.1, 0.15) is 29.7 Å². The minimum Gasteiger partial charge on any atom is -0.279 e. The van der Waals surface area contributed by atoms with E-state index in [1.165, 1.54) is 5.56 Å². The molecular weight excluding hydrogens is 386 g/mol. The predicted octanol–water partition coefficient (Wildman–Crippen LogP) is 4.47. The fraction of sp³-hybridized carbons (Fsp3) is 0.208. The van der Waals surface area contributed by atoms with Crippen LogP contribution in [-0.4, -0.2) is 34.9 Å². The number of fused-ring (bicyclic) bond motifs is 1. The predicted molar refractivity (Wildman–Crippen MR) is 120 cm³/mol. The molecule has 1 N–H and O–H groups in total. The second kappa shape index (κ2) is 7.75. The maximum absolute atomic E-state index is 4.54. The zero-order chi connectivity index (χ0) is 21.4. The average Bonchev–Trinajstić information content (AvgIpc) is 3.40. The maximum atomic E-state index is 4.54. The molecule has 0 spiro atoms. The van der Waals surface area contributed by atoms with E-state index in [0.29, 0.717) is 0 Å². The van der Waals surface area contributed by atoms with E-state index in [0.717, 1.165) is 51.2 Å². The van der Waals surface area contributed by atoms with Gasteiger partial charge in [0, 0.05) is 65.5 Å². The maximum Gasteiger partial charge on any atom is 0.181 e. The zero-order valence-electron chi connectivity index (χ0n) is 17.7. The molecule has 0 radical (unpaired) electrons. The summed E-state index contributed by atoms with van der Waals surface area (Å²) in [6, 6.07) is 10.6. The fourth-order valence-corrected chi connectivity index (χ4v) is 3.86. The lowest BCUT2D eigenvalue weighted by Gasteiger charge is -2.11. The Morgan fingerprint density at radius 2 is 1.81 bits per heavy atom. The van der Waals surface area contributed by atoms with Crippen molar-refractivity contribution in [1.82, 2.24) is 34.9 Å². The molecule has 7 heteroatoms. The van der Waals surface area contributed by atoms with E-state index in [1.54, 1.807) is 4.68 Å². The quantitative estimate of drug-likeness (QED) is 0.463. The Balaban J connectivity index is 1.43. The number of hydrogen-bond acceptors (Lipinski definition) is 5. The topological polar surface area (TPSA) is 85.2 Å². The van der Waals surface area contributed by atoms with Crippen molar-refractivity contribution in [2.45, 2.75) is 26.2 Å². The molecule has 5 aromatic rings. The van der Waals surface area contributed by atoms with Gasteiger partial charge in [0.15, 0.2) is 11.5 Å². The van der Waals surface area contributed by atoms with E-state index in [4.69, 9.17) is 0 Å². The Bertz CT molecular complexity index is 1350. The molecular formula is C24H23N7. The first-order valence-electron chi connectivity index (χ1n) is 10.3. The number of nitrogens with one attached hydrogen (secondary N) is 1. The van der Waals surface area contributed by atoms with Crippen LogP contribution in [0, 0.1) is 6.92 Å². The van der Waals surface area contributed by atoms with E-state index < -0.39 is 0 Å². The molecule has 31 heavy (non-hydrogen) atoms. The molecule has 0 aliphatic carbocycles. The summed E-state index contributed by atoms with van der Waals surface area (Å²) >= 11 is 0. The molecule has 1 atom stereocenters. The fourth-order valence-electron chi connectivity index (χ4n) is 3.86. The number of nitrogens with zero attached hydrogens (tertiary/aromatic N) is 6. The standard InChI is InChI=1S/C24H23N7/c1-15-10-25-23(26-11-15)18-6-4-5-17(8-18)7-16(2)22-21-9-19(12-27-24(21)30-29-22)20-13-28-31(3)14-20/h4-6,8-14,16H,7H2,1-3H3,(H,27,29,30). The third kappa shape index (κ3) is 3.82. The molecule has 0 aliphatic heterocycles. The summed E-state index contributed by atoms with van der Waals surface area (Å²) in [7, 11) is 1.91. The normalized spacial score (nSPS) is 12.4. The van der Waals surface area contributed by atoms with Crippen LogP contribution >= 0.6 is 0 Å². The van der Waals surface area contributed by atoms with Gasteiger partial charge in [-0.05, 0) is 36.6 Å². The monoisotopic (exact) mass is 409 g/mol. The third-order valence-corrected chi connectivity index (χ3v) is 5.48. The van der Waals surface area contributed by atoms with Gasteiger partial charge in [-0.1, -0.05) is 25.1 Å². The van der Waals surface area contributed by atoms with Crippen LogP contribution < -0.4 is 0 Å². The molecule has 5 rings (SSSR count). The van der Waals surface area contributed by atoms with Gasteiger partial charge in [-0.25, -0.2) is 15.0 Å². The summed E-state index contributed by atoms with van der Waals surface area (Å²) in [5.74, 6) is 0.988. The van der Waals surface area contributed by atoms with Crippen LogP contribution in [0.2, 0.25) is 0 Å². The van der Waals surface area contributed by atoms with Gasteiger partial charge in [-0.3, -0.25) is 9.78 Å². The molecule has 154 valence electrons. The van der Waals surface area contributed by atoms with Gasteiger partial charge < -0.3 is 0 Å². The molecule has 0 saturated carbocycles. The average molecular weight is 409 g/mol. The van der Waals surface area contributed by atoms with Gasteiger partial charge in [0.2, 0.25) is 0 Å². The molecule has 4 heterocycles. The summed E-state index contributed by atoms with van der Waals surface area (Å²) in [5.41, 5.74) is 7.21. The second-order valence-corrected chi connectivity index (χ2v) is 8.02. The number of H-pyrrole nitrogens is 1. The highest BCUT2D eigenvalue weighted by molar-refractivity contribution is 5.83. The van der Waals surface area contributed by atoms with Crippen LogP contribution in [0.5, 0.6) is 0 Å². The first-order chi connectivity index (χ1) is 15.1. The molecule has 4 aromatic heterocycles. The summed E-state index contributed by atoms with van der Waals surface area (Å²) in [6.45, 7) is 4.20. The number of aromatic amines is 1. The zero-order valence-corrected chi connectivity index (χ0v) is 17.7. The molecule has 0 amide bonds. The smallest absolute Gasteiger partial charge is 0.181 e. The Hall–Kier alpha value is -3.87. The highest BCUT2D eigenvalue weighted by Gasteiger charge is 2.16. The largest absolute Gasteiger partial charge is 0.279 e. The van der Waals surface area contributed by atoms with Crippen molar-refractivity contribution in [3.8, 4) is 22.5 Å². The van der Waals surface area contributed by atoms with Crippen LogP contribution in [0.25, 0.3) is 33.5 Å². The Kier molecular flexibility index (Phi) is 4.78. The molecule has 7 nitrogen and oxygen atoms in total. The first-order valence-corrected chi connectivity index (χ1v) is 10.3. The second-order valence-electron chi connectivity index (χ2n) is 8.02. The summed E-state index contributed by atoms with van der Waals surface area (Å²) in [6.07, 6.45) is 10.3. The van der Waals surface area contributed by atoms with Gasteiger partial charge in [0.05, 0.1) is 6.20 Å². The highest BCUT2D eigenvalue weighted by atomic mass is 15.2. The number of aromatic nitrogens is 7. The molecule has 0 fully saturated rings. The van der Waals surface area contributed by atoms with Crippen molar-refractivity contribution in [2.24, 2.45) is 7.05 Å². The van der Waals surface area contributed by atoms with Crippen molar-refractivity contribution in [3.63, 3.8) is 0 Å². The van der Waals surface area contributed by atoms with Crippen LogP contribution in [0.15, 0.2) is 61.3 Å². The van der Waals surface area contributed by atoms with Crippen molar-refractivity contribution < 1.29 is 0 Å². The van der Waals surface area contributed by atoms with Gasteiger partial charge in [0.1, 0.15) is 0 Å². The number of hydrogen-bond donors (Lipinski definition) is 1. The lowest BCUT2D eigenvalue weighted by Crippen LogP contribution is -2.00. The number of rotatable bonds is 5. The van der Waals surface area contributed by atoms with Crippen molar-refractivity contribution in [1.29, 1.82) is 0 Å². The van der Waals surface area contributed by atoms with E-state index in [2.05, 4.69) is 67.5 Å². The van der Waals surface area contributed by atoms with Gasteiger partial charge in [0.25, 0.3) is 0 Å². The molecule has 0 saturated heterocycles. The molecule has 0 bridgehead atoms. The van der Waals surface area contributed by atoms with E-state index in [1.807, 2.05) is 45.0 Å². The van der Waals surface area contributed by atoms with Crippen LogP contribution in [-0.2, 0) is 13.5 Å². The van der Waals surface area contributed by atoms with Crippen LogP contribution in [0.3, 0.4) is 0 Å². The lowest BCUT2D eigenvalue weighted by molar-refractivity contribution is 0.730. The Labute approximate surface area is 180 Å². The number of aryl methyl sites for hydroxylation is 2. The minimum absolute atomic E-state index is 0.241. The third-order valence-electron chi connectivity index (χ3n) is 5.48. The highest BCUT2D eigenvalue weighted by Crippen LogP contribution is 2.29. The van der Waals surface area contributed by atoms with E-state index in [9.17, 15) is 0 Å². The Morgan fingerprint density at radius 1 is 0.968 bits per heavy atom. The summed E-state index contributed by atoms with van der Waals surface area (Å²) in [5, 5.41) is 12.9. The SMILES string of the molecule is Cc1cnc(-c2cccc(CC(C)c3[nH]nc4ncc(-c5cnn(C)c5)cc34)c2)nc1. The van der Waals surface area contributed by atoms with Crippen molar-refractivity contribution in [2.75, 3.05) is 0 Å². The van der Waals surface area contributed by atoms with E-state index in [-0.39, 0.29) is 5.92 Å². The summed E-state index contributed by atoms with van der Waals surface area (Å²) in [4.78, 5) is 13.5. The molecule has 0 aliphatic rings.